The second-order valence-corrected chi connectivity index (χ2v) is 5.53. The lowest BCUT2D eigenvalue weighted by atomic mass is 10.0. The van der Waals surface area contributed by atoms with Crippen molar-refractivity contribution in [1.29, 1.82) is 0 Å². The maximum atomic E-state index is 12.0. The maximum Gasteiger partial charge on any atom is 0.261 e. The number of hydrogen-bond acceptors (Lipinski definition) is 3. The standard InChI is InChI=1S/C17H14N2O2/c1-18-16(20)14-7-11-9-19(13-5-3-2-4-6-13)10-12(11)8-15(14)17(18)21/h2-8H,9-10H2,1H3. The van der Waals surface area contributed by atoms with E-state index in [1.54, 1.807) is 0 Å². The summed E-state index contributed by atoms with van der Waals surface area (Å²) in [7, 11) is 1.53. The molecule has 0 aliphatic carbocycles. The van der Waals surface area contributed by atoms with Gasteiger partial charge in [-0.15, -0.1) is 0 Å². The first kappa shape index (κ1) is 12.1. The Morgan fingerprint density at radius 3 is 1.90 bits per heavy atom. The van der Waals surface area contributed by atoms with Gasteiger partial charge >= 0.3 is 0 Å². The van der Waals surface area contributed by atoms with Crippen LogP contribution in [0.5, 0.6) is 0 Å². The normalized spacial score (nSPS) is 16.4. The van der Waals surface area contributed by atoms with E-state index >= 15 is 0 Å². The average Bonchev–Trinajstić information content (AvgIpc) is 3.02. The quantitative estimate of drug-likeness (QED) is 0.752. The number of benzene rings is 2. The summed E-state index contributed by atoms with van der Waals surface area (Å²) < 4.78 is 0. The summed E-state index contributed by atoms with van der Waals surface area (Å²) in [4.78, 5) is 27.5. The minimum Gasteiger partial charge on any atom is -0.363 e. The molecule has 0 bridgehead atoms. The molecule has 2 aromatic carbocycles. The van der Waals surface area contributed by atoms with Crippen LogP contribution in [0.3, 0.4) is 0 Å². The fourth-order valence-corrected chi connectivity index (χ4v) is 3.08. The molecule has 0 N–H and O–H groups in total. The van der Waals surface area contributed by atoms with Crippen molar-refractivity contribution in [2.45, 2.75) is 13.1 Å². The summed E-state index contributed by atoms with van der Waals surface area (Å²) in [6.45, 7) is 1.55. The van der Waals surface area contributed by atoms with Gasteiger partial charge in [0.25, 0.3) is 11.8 Å². The molecule has 0 radical (unpaired) electrons. The van der Waals surface area contributed by atoms with Crippen LogP contribution in [0.25, 0.3) is 0 Å². The van der Waals surface area contributed by atoms with Gasteiger partial charge in [0.15, 0.2) is 0 Å². The number of amides is 2. The van der Waals surface area contributed by atoms with Crippen LogP contribution in [-0.2, 0) is 13.1 Å². The van der Waals surface area contributed by atoms with Crippen LogP contribution in [0.4, 0.5) is 5.69 Å². The molecule has 2 aromatic rings. The molecule has 4 heteroatoms. The van der Waals surface area contributed by atoms with E-state index in [9.17, 15) is 9.59 Å². The van der Waals surface area contributed by atoms with E-state index in [2.05, 4.69) is 17.0 Å². The molecule has 0 saturated carbocycles. The Morgan fingerprint density at radius 2 is 1.38 bits per heavy atom. The molecule has 2 aliphatic heterocycles. The Balaban J connectivity index is 1.73. The van der Waals surface area contributed by atoms with Gasteiger partial charge in [0, 0.05) is 25.8 Å². The highest BCUT2D eigenvalue weighted by atomic mass is 16.2. The minimum absolute atomic E-state index is 0.198. The molecule has 0 spiro atoms. The van der Waals surface area contributed by atoms with Crippen LogP contribution in [0.15, 0.2) is 42.5 Å². The fraction of sp³-hybridized carbons (Fsp3) is 0.176. The van der Waals surface area contributed by atoms with Crippen molar-refractivity contribution in [2.75, 3.05) is 11.9 Å². The Labute approximate surface area is 122 Å². The van der Waals surface area contributed by atoms with Gasteiger partial charge in [-0.1, -0.05) is 18.2 Å². The number of nitrogens with zero attached hydrogens (tertiary/aromatic N) is 2. The Hall–Kier alpha value is -2.62. The highest BCUT2D eigenvalue weighted by Crippen LogP contribution is 2.32. The monoisotopic (exact) mass is 278 g/mol. The molecule has 0 unspecified atom stereocenters. The highest BCUT2D eigenvalue weighted by molar-refractivity contribution is 6.21. The Kier molecular flexibility index (Phi) is 2.42. The van der Waals surface area contributed by atoms with Gasteiger partial charge in [0.2, 0.25) is 0 Å². The molecule has 4 rings (SSSR count). The summed E-state index contributed by atoms with van der Waals surface area (Å²) in [6, 6.07) is 13.9. The summed E-state index contributed by atoms with van der Waals surface area (Å²) in [5, 5.41) is 0. The first-order chi connectivity index (χ1) is 10.1. The lowest BCUT2D eigenvalue weighted by Crippen LogP contribution is -2.24. The largest absolute Gasteiger partial charge is 0.363 e. The van der Waals surface area contributed by atoms with Gasteiger partial charge in [-0.2, -0.15) is 0 Å². The molecule has 2 aliphatic rings. The zero-order valence-electron chi connectivity index (χ0n) is 11.7. The number of imide groups is 1. The number of carbonyl (C=O) groups is 2. The third kappa shape index (κ3) is 1.69. The van der Waals surface area contributed by atoms with Gasteiger partial charge in [-0.25, -0.2) is 0 Å². The first-order valence-corrected chi connectivity index (χ1v) is 6.93. The van der Waals surface area contributed by atoms with E-state index in [1.807, 2.05) is 30.3 Å². The first-order valence-electron chi connectivity index (χ1n) is 6.93. The molecule has 0 aromatic heterocycles. The molecule has 2 amide bonds. The summed E-state index contributed by atoms with van der Waals surface area (Å²) in [6.07, 6.45) is 0. The lowest BCUT2D eigenvalue weighted by molar-refractivity contribution is 0.0693. The average molecular weight is 278 g/mol. The van der Waals surface area contributed by atoms with Crippen LogP contribution >= 0.6 is 0 Å². The molecular formula is C17H14N2O2. The van der Waals surface area contributed by atoms with Gasteiger partial charge in [0.05, 0.1) is 11.1 Å². The van der Waals surface area contributed by atoms with Gasteiger partial charge < -0.3 is 4.90 Å². The zero-order valence-corrected chi connectivity index (χ0v) is 11.7. The van der Waals surface area contributed by atoms with Crippen LogP contribution in [-0.4, -0.2) is 23.8 Å². The highest BCUT2D eigenvalue weighted by Gasteiger charge is 2.35. The number of rotatable bonds is 1. The van der Waals surface area contributed by atoms with E-state index < -0.39 is 0 Å². The number of para-hydroxylation sites is 1. The van der Waals surface area contributed by atoms with Crippen molar-refractivity contribution in [1.82, 2.24) is 4.90 Å². The van der Waals surface area contributed by atoms with Crippen LogP contribution in [0.2, 0.25) is 0 Å². The SMILES string of the molecule is CN1C(=O)c2cc3c(cc2C1=O)CN(c1ccccc1)C3. The van der Waals surface area contributed by atoms with Crippen molar-refractivity contribution < 1.29 is 9.59 Å². The Morgan fingerprint density at radius 1 is 0.857 bits per heavy atom. The molecular weight excluding hydrogens is 264 g/mol. The van der Waals surface area contributed by atoms with Gasteiger partial charge in [-0.3, -0.25) is 14.5 Å². The van der Waals surface area contributed by atoms with Crippen LogP contribution < -0.4 is 4.90 Å². The van der Waals surface area contributed by atoms with Crippen molar-refractivity contribution in [3.8, 4) is 0 Å². The smallest absolute Gasteiger partial charge is 0.261 e. The zero-order chi connectivity index (χ0) is 14.6. The third-order valence-electron chi connectivity index (χ3n) is 4.25. The predicted octanol–water partition coefficient (Wildman–Crippen LogP) is 2.43. The number of carbonyl (C=O) groups excluding carboxylic acids is 2. The van der Waals surface area contributed by atoms with Crippen LogP contribution in [0.1, 0.15) is 31.8 Å². The topological polar surface area (TPSA) is 40.6 Å². The molecule has 0 atom stereocenters. The van der Waals surface area contributed by atoms with Gasteiger partial charge in [-0.05, 0) is 35.4 Å². The second-order valence-electron chi connectivity index (χ2n) is 5.53. The van der Waals surface area contributed by atoms with E-state index in [0.29, 0.717) is 11.1 Å². The van der Waals surface area contributed by atoms with Crippen molar-refractivity contribution in [3.05, 3.63) is 64.7 Å². The number of fused-ring (bicyclic) bond motifs is 2. The summed E-state index contributed by atoms with van der Waals surface area (Å²) in [5.74, 6) is -0.396. The van der Waals surface area contributed by atoms with Crippen LogP contribution in [0, 0.1) is 0 Å². The third-order valence-corrected chi connectivity index (χ3v) is 4.25. The van der Waals surface area contributed by atoms with E-state index in [0.717, 1.165) is 29.9 Å². The summed E-state index contributed by atoms with van der Waals surface area (Å²) >= 11 is 0. The Bertz CT molecular complexity index is 723. The molecule has 21 heavy (non-hydrogen) atoms. The van der Waals surface area contributed by atoms with E-state index in [4.69, 9.17) is 0 Å². The molecule has 104 valence electrons. The molecule has 2 heterocycles. The lowest BCUT2D eigenvalue weighted by Gasteiger charge is -2.17. The molecule has 0 fully saturated rings. The van der Waals surface area contributed by atoms with Crippen molar-refractivity contribution >= 4 is 17.5 Å². The van der Waals surface area contributed by atoms with E-state index in [-0.39, 0.29) is 11.8 Å². The molecule has 4 nitrogen and oxygen atoms in total. The second kappa shape index (κ2) is 4.19. The van der Waals surface area contributed by atoms with E-state index in [1.165, 1.54) is 11.9 Å². The number of hydrogen-bond donors (Lipinski definition) is 0. The summed E-state index contributed by atoms with van der Waals surface area (Å²) in [5.41, 5.74) is 4.50. The van der Waals surface area contributed by atoms with Gasteiger partial charge in [0.1, 0.15) is 0 Å². The van der Waals surface area contributed by atoms with Crippen molar-refractivity contribution in [2.24, 2.45) is 0 Å². The fourth-order valence-electron chi connectivity index (χ4n) is 3.08. The minimum atomic E-state index is -0.198. The molecule has 0 saturated heterocycles. The van der Waals surface area contributed by atoms with Crippen molar-refractivity contribution in [3.63, 3.8) is 0 Å². The number of anilines is 1. The predicted molar refractivity (Wildman–Crippen MR) is 79.2 cm³/mol. The maximum absolute atomic E-state index is 12.0.